The lowest BCUT2D eigenvalue weighted by Crippen LogP contribution is -2.31. The Bertz CT molecular complexity index is 861. The summed E-state index contributed by atoms with van der Waals surface area (Å²) in [6, 6.07) is 10.6. The number of benzene rings is 2. The van der Waals surface area contributed by atoms with Crippen molar-refractivity contribution < 1.29 is 14.1 Å². The summed E-state index contributed by atoms with van der Waals surface area (Å²) in [4.78, 5) is 24.7. The van der Waals surface area contributed by atoms with Crippen LogP contribution >= 0.6 is 11.6 Å². The molecule has 26 heavy (non-hydrogen) atoms. The number of nitro benzene ring substituents is 1. The van der Waals surface area contributed by atoms with Crippen LogP contribution in [-0.4, -0.2) is 21.8 Å². The number of halogens is 2. The van der Waals surface area contributed by atoms with Gasteiger partial charge in [0, 0.05) is 28.8 Å². The van der Waals surface area contributed by atoms with E-state index in [1.165, 1.54) is 30.4 Å². The van der Waals surface area contributed by atoms with Gasteiger partial charge in [0.2, 0.25) is 5.91 Å². The summed E-state index contributed by atoms with van der Waals surface area (Å²) >= 11 is 6.06. The third-order valence-corrected chi connectivity index (χ3v) is 4.55. The van der Waals surface area contributed by atoms with Crippen LogP contribution in [-0.2, 0) is 11.3 Å². The van der Waals surface area contributed by atoms with Crippen LogP contribution in [0.3, 0.4) is 0 Å². The summed E-state index contributed by atoms with van der Waals surface area (Å²) in [6.45, 7) is 0.0657. The average molecular weight is 375 g/mol. The summed E-state index contributed by atoms with van der Waals surface area (Å²) < 4.78 is 14.0. The van der Waals surface area contributed by atoms with E-state index in [4.69, 9.17) is 11.6 Å². The van der Waals surface area contributed by atoms with Gasteiger partial charge >= 0.3 is 0 Å². The molecule has 0 N–H and O–H groups in total. The van der Waals surface area contributed by atoms with Crippen molar-refractivity contribution in [3.63, 3.8) is 0 Å². The molecular weight excluding hydrogens is 359 g/mol. The van der Waals surface area contributed by atoms with Crippen molar-refractivity contribution in [2.75, 3.05) is 0 Å². The van der Waals surface area contributed by atoms with Gasteiger partial charge in [-0.2, -0.15) is 0 Å². The maximum absolute atomic E-state index is 14.0. The minimum Gasteiger partial charge on any atom is -0.332 e. The van der Waals surface area contributed by atoms with E-state index in [0.717, 1.165) is 12.8 Å². The number of nitrogens with zero attached hydrogens (tertiary/aromatic N) is 2. The zero-order chi connectivity index (χ0) is 18.7. The third kappa shape index (κ3) is 4.08. The molecule has 5 nitrogen and oxygen atoms in total. The van der Waals surface area contributed by atoms with Crippen LogP contribution < -0.4 is 0 Å². The number of hydrogen-bond acceptors (Lipinski definition) is 3. The van der Waals surface area contributed by atoms with Gasteiger partial charge in [-0.3, -0.25) is 14.9 Å². The van der Waals surface area contributed by atoms with E-state index in [2.05, 4.69) is 0 Å². The molecule has 0 saturated heterocycles. The first kappa shape index (κ1) is 18.1. The molecule has 2 aromatic carbocycles. The predicted octanol–water partition coefficient (Wildman–Crippen LogP) is 4.59. The normalized spacial score (nSPS) is 13.8. The van der Waals surface area contributed by atoms with E-state index in [9.17, 15) is 19.3 Å². The zero-order valence-corrected chi connectivity index (χ0v) is 14.5. The molecule has 0 heterocycles. The molecule has 1 saturated carbocycles. The van der Waals surface area contributed by atoms with Gasteiger partial charge in [0.1, 0.15) is 5.82 Å². The van der Waals surface area contributed by atoms with Crippen LogP contribution in [0.1, 0.15) is 24.0 Å². The number of carbonyl (C=O) groups is 1. The van der Waals surface area contributed by atoms with Gasteiger partial charge in [-0.25, -0.2) is 4.39 Å². The summed E-state index contributed by atoms with van der Waals surface area (Å²) in [5.41, 5.74) is 0.533. The molecule has 0 unspecified atom stereocenters. The molecule has 0 aliphatic heterocycles. The molecule has 0 aromatic heterocycles. The zero-order valence-electron chi connectivity index (χ0n) is 13.8. The molecule has 7 heteroatoms. The summed E-state index contributed by atoms with van der Waals surface area (Å²) in [5.74, 6) is -0.788. The van der Waals surface area contributed by atoms with Crippen molar-refractivity contribution in [2.24, 2.45) is 0 Å². The first-order valence-corrected chi connectivity index (χ1v) is 8.50. The first-order valence-electron chi connectivity index (χ1n) is 8.12. The van der Waals surface area contributed by atoms with E-state index < -0.39 is 10.7 Å². The summed E-state index contributed by atoms with van der Waals surface area (Å²) in [6.07, 6.45) is 4.39. The van der Waals surface area contributed by atoms with E-state index in [-0.39, 0.29) is 34.8 Å². The van der Waals surface area contributed by atoms with Gasteiger partial charge in [0.15, 0.2) is 0 Å². The topological polar surface area (TPSA) is 63.4 Å². The van der Waals surface area contributed by atoms with Crippen LogP contribution in [0.25, 0.3) is 6.08 Å². The van der Waals surface area contributed by atoms with Gasteiger partial charge in [0.05, 0.1) is 17.0 Å². The molecule has 1 amide bonds. The van der Waals surface area contributed by atoms with Crippen molar-refractivity contribution in [3.05, 3.63) is 80.6 Å². The molecule has 3 rings (SSSR count). The monoisotopic (exact) mass is 374 g/mol. The van der Waals surface area contributed by atoms with Crippen LogP contribution in [0, 0.1) is 15.9 Å². The number of hydrogen-bond donors (Lipinski definition) is 0. The second-order valence-corrected chi connectivity index (χ2v) is 6.45. The van der Waals surface area contributed by atoms with Crippen molar-refractivity contribution in [3.8, 4) is 0 Å². The lowest BCUT2D eigenvalue weighted by Gasteiger charge is -2.22. The Morgan fingerprint density at radius 3 is 2.65 bits per heavy atom. The maximum Gasteiger partial charge on any atom is 0.276 e. The van der Waals surface area contributed by atoms with Gasteiger partial charge in [-0.05, 0) is 37.1 Å². The van der Waals surface area contributed by atoms with Crippen LogP contribution in [0.4, 0.5) is 10.1 Å². The number of para-hydroxylation sites is 1. The summed E-state index contributed by atoms with van der Waals surface area (Å²) in [5, 5.41) is 11.3. The Kier molecular flexibility index (Phi) is 5.32. The highest BCUT2D eigenvalue weighted by molar-refractivity contribution is 6.31. The molecule has 134 valence electrons. The van der Waals surface area contributed by atoms with Crippen molar-refractivity contribution in [1.29, 1.82) is 0 Å². The molecule has 0 bridgehead atoms. The molecule has 2 aromatic rings. The second kappa shape index (κ2) is 7.66. The van der Waals surface area contributed by atoms with E-state index in [0.29, 0.717) is 5.56 Å². The fourth-order valence-electron chi connectivity index (χ4n) is 2.68. The highest BCUT2D eigenvalue weighted by Crippen LogP contribution is 2.31. The largest absolute Gasteiger partial charge is 0.332 e. The van der Waals surface area contributed by atoms with Crippen molar-refractivity contribution >= 4 is 29.3 Å². The Labute approximate surface area is 154 Å². The third-order valence-electron chi connectivity index (χ3n) is 4.20. The van der Waals surface area contributed by atoms with Crippen LogP contribution in [0.15, 0.2) is 48.5 Å². The fourth-order valence-corrected chi connectivity index (χ4v) is 2.90. The Hall–Kier alpha value is -2.73. The quantitative estimate of drug-likeness (QED) is 0.422. The minimum absolute atomic E-state index is 0.0357. The molecule has 0 spiro atoms. The second-order valence-electron chi connectivity index (χ2n) is 6.05. The highest BCUT2D eigenvalue weighted by Gasteiger charge is 2.32. The molecule has 1 fully saturated rings. The number of rotatable bonds is 6. The molecule has 0 radical (unpaired) electrons. The fraction of sp³-hybridized carbons (Fsp3) is 0.211. The van der Waals surface area contributed by atoms with E-state index >= 15 is 0 Å². The number of nitro groups is 1. The lowest BCUT2D eigenvalue weighted by molar-refractivity contribution is -0.385. The Morgan fingerprint density at radius 2 is 2.00 bits per heavy atom. The highest BCUT2D eigenvalue weighted by atomic mass is 35.5. The number of amides is 1. The molecular formula is C19H16ClFN2O3. The molecule has 1 aliphatic rings. The predicted molar refractivity (Wildman–Crippen MR) is 97.1 cm³/mol. The van der Waals surface area contributed by atoms with Gasteiger partial charge in [0.25, 0.3) is 5.69 Å². The van der Waals surface area contributed by atoms with Gasteiger partial charge in [-0.1, -0.05) is 29.8 Å². The standard InChI is InChI=1S/C19H16ClFN2O3/c20-16-5-3-6-17(21)15(16)12-22(14-9-10-14)19(24)11-8-13-4-1-2-7-18(13)23(25)26/h1-8,11,14H,9-10,12H2/b11-8+. The minimum atomic E-state index is -0.498. The van der Waals surface area contributed by atoms with Gasteiger partial charge < -0.3 is 4.90 Å². The number of carbonyl (C=O) groups excluding carboxylic acids is 1. The van der Waals surface area contributed by atoms with E-state index in [1.807, 2.05) is 0 Å². The Balaban J connectivity index is 1.81. The molecule has 0 atom stereocenters. The van der Waals surface area contributed by atoms with Crippen LogP contribution in [0.2, 0.25) is 5.02 Å². The first-order chi connectivity index (χ1) is 12.5. The van der Waals surface area contributed by atoms with Crippen molar-refractivity contribution in [2.45, 2.75) is 25.4 Å². The summed E-state index contributed by atoms with van der Waals surface area (Å²) in [7, 11) is 0. The SMILES string of the molecule is O=C(/C=C/c1ccccc1[N+](=O)[O-])N(Cc1c(F)cccc1Cl)C1CC1. The molecule has 1 aliphatic carbocycles. The lowest BCUT2D eigenvalue weighted by atomic mass is 10.1. The maximum atomic E-state index is 14.0. The van der Waals surface area contributed by atoms with Gasteiger partial charge in [-0.15, -0.1) is 0 Å². The average Bonchev–Trinajstić information content (AvgIpc) is 3.44. The van der Waals surface area contributed by atoms with Crippen LogP contribution in [0.5, 0.6) is 0 Å². The Morgan fingerprint density at radius 1 is 1.27 bits per heavy atom. The van der Waals surface area contributed by atoms with E-state index in [1.54, 1.807) is 29.2 Å². The van der Waals surface area contributed by atoms with Crippen molar-refractivity contribution in [1.82, 2.24) is 4.90 Å². The smallest absolute Gasteiger partial charge is 0.276 e.